The van der Waals surface area contributed by atoms with Gasteiger partial charge < -0.3 is 9.47 Å². The van der Waals surface area contributed by atoms with Gasteiger partial charge in [0.25, 0.3) is 0 Å². The minimum absolute atomic E-state index is 0.275. The fourth-order valence-electron chi connectivity index (χ4n) is 4.86. The van der Waals surface area contributed by atoms with Gasteiger partial charge in [0.2, 0.25) is 0 Å². The highest BCUT2D eigenvalue weighted by Gasteiger charge is 2.48. The molecule has 4 heterocycles. The van der Waals surface area contributed by atoms with Gasteiger partial charge in [0.05, 0.1) is 11.4 Å². The summed E-state index contributed by atoms with van der Waals surface area (Å²) in [4.78, 5) is 11.6. The number of likely N-dealkylation sites (tertiary alicyclic amines) is 1. The lowest BCUT2D eigenvalue weighted by Crippen LogP contribution is -2.43. The number of allylic oxidation sites excluding steroid dienone is 3. The second-order valence-electron chi connectivity index (χ2n) is 8.44. The van der Waals surface area contributed by atoms with Gasteiger partial charge >= 0.3 is 6.61 Å². The van der Waals surface area contributed by atoms with Crippen molar-refractivity contribution in [2.75, 3.05) is 19.6 Å². The largest absolute Gasteiger partial charge is 0.439 e. The number of pyridine rings is 2. The quantitative estimate of drug-likeness (QED) is 0.600. The van der Waals surface area contributed by atoms with Crippen LogP contribution in [0.5, 0.6) is 0 Å². The smallest absolute Gasteiger partial charge is 0.387 e. The Labute approximate surface area is 190 Å². The monoisotopic (exact) mass is 459 g/mol. The zero-order chi connectivity index (χ0) is 22.1. The SMILES string of the molecule is FC(F)OC1=CC=C(CN2CCC3(CC2)OC(c2cc(Cl)ccn2)c2cccnc23)CC1. The summed E-state index contributed by atoms with van der Waals surface area (Å²) in [5.74, 6) is 0.351. The van der Waals surface area contributed by atoms with Crippen LogP contribution in [0.15, 0.2) is 60.1 Å². The van der Waals surface area contributed by atoms with Crippen LogP contribution in [-0.4, -0.2) is 41.1 Å². The molecule has 1 spiro atoms. The highest BCUT2D eigenvalue weighted by atomic mass is 35.5. The summed E-state index contributed by atoms with van der Waals surface area (Å²) in [6, 6.07) is 7.61. The van der Waals surface area contributed by atoms with Crippen molar-refractivity contribution in [3.8, 4) is 0 Å². The first-order valence-corrected chi connectivity index (χ1v) is 11.2. The number of fused-ring (bicyclic) bond motifs is 2. The fourth-order valence-corrected chi connectivity index (χ4v) is 5.03. The Kier molecular flexibility index (Phi) is 5.97. The maximum Gasteiger partial charge on any atom is 0.387 e. The van der Waals surface area contributed by atoms with E-state index in [-0.39, 0.29) is 6.10 Å². The molecule has 2 aromatic rings. The normalized spacial score (nSPS) is 22.6. The Hall–Kier alpha value is -2.35. The van der Waals surface area contributed by atoms with Gasteiger partial charge in [-0.1, -0.05) is 29.3 Å². The molecule has 5 rings (SSSR count). The second-order valence-corrected chi connectivity index (χ2v) is 8.88. The third kappa shape index (κ3) is 4.29. The molecule has 0 N–H and O–H groups in total. The zero-order valence-electron chi connectivity index (χ0n) is 17.5. The standard InChI is InChI=1S/C24H24ClF2N3O2/c25-17-7-11-28-20(14-17)21-19-2-1-10-29-22(19)24(32-21)8-12-30(13-9-24)15-16-3-5-18(6-4-16)31-23(26)27/h1-3,5,7,10-11,14,21,23H,4,6,8-9,12-13,15H2. The number of alkyl halides is 2. The van der Waals surface area contributed by atoms with Crippen molar-refractivity contribution in [3.05, 3.63) is 82.1 Å². The summed E-state index contributed by atoms with van der Waals surface area (Å²) in [7, 11) is 0. The first kappa shape index (κ1) is 21.5. The molecule has 0 saturated carbocycles. The molecule has 1 atom stereocenters. The van der Waals surface area contributed by atoms with E-state index in [0.717, 1.165) is 55.8 Å². The number of halogens is 3. The molecule has 0 amide bonds. The maximum absolute atomic E-state index is 12.4. The molecule has 0 radical (unpaired) electrons. The summed E-state index contributed by atoms with van der Waals surface area (Å²) in [6.07, 6.45) is 9.75. The number of rotatable bonds is 5. The average Bonchev–Trinajstić information content (AvgIpc) is 3.11. The van der Waals surface area contributed by atoms with Crippen molar-refractivity contribution in [2.24, 2.45) is 0 Å². The predicted molar refractivity (Wildman–Crippen MR) is 116 cm³/mol. The average molecular weight is 460 g/mol. The predicted octanol–water partition coefficient (Wildman–Crippen LogP) is 5.38. The summed E-state index contributed by atoms with van der Waals surface area (Å²) in [5.41, 5.74) is 3.66. The molecule has 1 fully saturated rings. The van der Waals surface area contributed by atoms with Gasteiger partial charge in [-0.05, 0) is 43.5 Å². The van der Waals surface area contributed by atoms with E-state index in [2.05, 4.69) is 20.7 Å². The van der Waals surface area contributed by atoms with Gasteiger partial charge in [-0.25, -0.2) is 0 Å². The van der Waals surface area contributed by atoms with Crippen LogP contribution in [0.25, 0.3) is 0 Å². The van der Waals surface area contributed by atoms with Crippen LogP contribution in [0.3, 0.4) is 0 Å². The first-order chi connectivity index (χ1) is 15.5. The number of hydrogen-bond donors (Lipinski definition) is 0. The van der Waals surface area contributed by atoms with E-state index in [1.54, 1.807) is 18.3 Å². The molecule has 32 heavy (non-hydrogen) atoms. The van der Waals surface area contributed by atoms with Crippen molar-refractivity contribution in [1.82, 2.24) is 14.9 Å². The summed E-state index contributed by atoms with van der Waals surface area (Å²) in [6.45, 7) is -0.202. The van der Waals surface area contributed by atoms with Gasteiger partial charge in [0.15, 0.2) is 0 Å². The van der Waals surface area contributed by atoms with Crippen molar-refractivity contribution in [2.45, 2.75) is 44.0 Å². The van der Waals surface area contributed by atoms with Crippen molar-refractivity contribution < 1.29 is 18.3 Å². The van der Waals surface area contributed by atoms with Gasteiger partial charge in [0, 0.05) is 49.0 Å². The van der Waals surface area contributed by atoms with Gasteiger partial charge in [0.1, 0.15) is 17.5 Å². The Morgan fingerprint density at radius 3 is 2.72 bits per heavy atom. The molecule has 8 heteroatoms. The molecular weight excluding hydrogens is 436 g/mol. The van der Waals surface area contributed by atoms with Crippen LogP contribution >= 0.6 is 11.6 Å². The molecule has 168 valence electrons. The lowest BCUT2D eigenvalue weighted by molar-refractivity contribution is -0.0995. The van der Waals surface area contributed by atoms with Crippen molar-refractivity contribution in [3.63, 3.8) is 0 Å². The molecule has 0 aromatic carbocycles. The Morgan fingerprint density at radius 1 is 1.16 bits per heavy atom. The van der Waals surface area contributed by atoms with Crippen LogP contribution in [0.4, 0.5) is 8.78 Å². The highest BCUT2D eigenvalue weighted by Crippen LogP contribution is 2.50. The Balaban J connectivity index is 1.28. The third-order valence-electron chi connectivity index (χ3n) is 6.44. The van der Waals surface area contributed by atoms with E-state index in [9.17, 15) is 8.78 Å². The van der Waals surface area contributed by atoms with E-state index >= 15 is 0 Å². The topological polar surface area (TPSA) is 47.5 Å². The molecular formula is C24H24ClF2N3O2. The van der Waals surface area contributed by atoms with Crippen molar-refractivity contribution >= 4 is 11.6 Å². The van der Waals surface area contributed by atoms with Crippen LogP contribution in [0.2, 0.25) is 5.02 Å². The highest BCUT2D eigenvalue weighted by molar-refractivity contribution is 6.30. The van der Waals surface area contributed by atoms with Crippen LogP contribution < -0.4 is 0 Å². The summed E-state index contributed by atoms with van der Waals surface area (Å²) >= 11 is 6.20. The molecule has 3 aliphatic rings. The molecule has 0 bridgehead atoms. The fraction of sp³-hybridized carbons (Fsp3) is 0.417. The summed E-state index contributed by atoms with van der Waals surface area (Å²) < 4.78 is 35.9. The minimum Gasteiger partial charge on any atom is -0.439 e. The number of hydrogen-bond acceptors (Lipinski definition) is 5. The Morgan fingerprint density at radius 2 is 2.00 bits per heavy atom. The number of nitrogens with zero attached hydrogens (tertiary/aromatic N) is 3. The van der Waals surface area contributed by atoms with Crippen LogP contribution in [0.1, 0.15) is 48.7 Å². The second kappa shape index (κ2) is 8.89. The van der Waals surface area contributed by atoms with Gasteiger partial charge in [-0.2, -0.15) is 8.78 Å². The zero-order valence-corrected chi connectivity index (χ0v) is 18.3. The van der Waals surface area contributed by atoms with E-state index in [1.807, 2.05) is 24.4 Å². The summed E-state index contributed by atoms with van der Waals surface area (Å²) in [5, 5.41) is 0.636. The molecule has 2 aliphatic heterocycles. The molecule has 1 saturated heterocycles. The maximum atomic E-state index is 12.4. The number of ether oxygens (including phenoxy) is 2. The van der Waals surface area contributed by atoms with E-state index in [4.69, 9.17) is 21.3 Å². The Bertz CT molecular complexity index is 1050. The first-order valence-electron chi connectivity index (χ1n) is 10.8. The molecule has 5 nitrogen and oxygen atoms in total. The van der Waals surface area contributed by atoms with Gasteiger partial charge in [-0.15, -0.1) is 0 Å². The van der Waals surface area contributed by atoms with E-state index < -0.39 is 12.2 Å². The number of piperidine rings is 1. The molecule has 2 aromatic heterocycles. The molecule has 1 aliphatic carbocycles. The van der Waals surface area contributed by atoms with Gasteiger partial charge in [-0.3, -0.25) is 14.9 Å². The van der Waals surface area contributed by atoms with Crippen LogP contribution in [-0.2, 0) is 15.1 Å². The van der Waals surface area contributed by atoms with E-state index in [1.165, 1.54) is 5.57 Å². The van der Waals surface area contributed by atoms with Crippen molar-refractivity contribution in [1.29, 1.82) is 0 Å². The van der Waals surface area contributed by atoms with Crippen LogP contribution in [0, 0.1) is 0 Å². The number of aromatic nitrogens is 2. The van der Waals surface area contributed by atoms with E-state index in [0.29, 0.717) is 17.2 Å². The minimum atomic E-state index is -2.76. The molecule has 1 unspecified atom stereocenters. The third-order valence-corrected chi connectivity index (χ3v) is 6.67. The lowest BCUT2D eigenvalue weighted by Gasteiger charge is -2.39. The lowest BCUT2D eigenvalue weighted by atomic mass is 9.86.